The maximum Gasteiger partial charge on any atom is 0.136 e. The van der Waals surface area contributed by atoms with Gasteiger partial charge in [-0.25, -0.2) is 0 Å². The van der Waals surface area contributed by atoms with Crippen molar-refractivity contribution in [2.75, 3.05) is 7.11 Å². The fourth-order valence-corrected chi connectivity index (χ4v) is 2.98. The van der Waals surface area contributed by atoms with Crippen molar-refractivity contribution >= 4 is 22.6 Å². The largest absolute Gasteiger partial charge is 0.458 e. The first kappa shape index (κ1) is 13.0. The highest BCUT2D eigenvalue weighted by atomic mass is 35.5. The molecule has 1 aromatic heterocycles. The van der Waals surface area contributed by atoms with Crippen molar-refractivity contribution in [2.24, 2.45) is 0 Å². The summed E-state index contributed by atoms with van der Waals surface area (Å²) >= 11 is 5.97. The monoisotopic (exact) mass is 280 g/mol. The normalized spacial score (nSPS) is 27.8. The van der Waals surface area contributed by atoms with Crippen LogP contribution in [0.3, 0.4) is 0 Å². The molecule has 3 nitrogen and oxygen atoms in total. The Hall–Kier alpha value is -1.03. The molecular weight excluding hydrogens is 264 g/mol. The Balaban J connectivity index is 1.91. The van der Waals surface area contributed by atoms with Crippen LogP contribution in [0.15, 0.2) is 28.7 Å². The van der Waals surface area contributed by atoms with Crippen LogP contribution in [0.4, 0.5) is 0 Å². The Morgan fingerprint density at radius 2 is 2.05 bits per heavy atom. The van der Waals surface area contributed by atoms with Crippen LogP contribution in [0.5, 0.6) is 0 Å². The van der Waals surface area contributed by atoms with Gasteiger partial charge in [-0.2, -0.15) is 0 Å². The highest BCUT2D eigenvalue weighted by molar-refractivity contribution is 6.31. The summed E-state index contributed by atoms with van der Waals surface area (Å²) in [6.07, 6.45) is 3.28. The second-order valence-electron chi connectivity index (χ2n) is 5.26. The lowest BCUT2D eigenvalue weighted by molar-refractivity contribution is -0.0592. The van der Waals surface area contributed by atoms with Crippen LogP contribution >= 0.6 is 11.6 Å². The SMILES string of the molecule is COC1CCC(O)(c2cc3cc(Cl)ccc3o2)CC1. The molecular formula is C15H17ClO3. The summed E-state index contributed by atoms with van der Waals surface area (Å²) < 4.78 is 11.1. The van der Waals surface area contributed by atoms with Gasteiger partial charge in [0.2, 0.25) is 0 Å². The minimum absolute atomic E-state index is 0.249. The van der Waals surface area contributed by atoms with Gasteiger partial charge in [-0.05, 0) is 49.9 Å². The third kappa shape index (κ3) is 2.38. The van der Waals surface area contributed by atoms with Crippen molar-refractivity contribution in [1.29, 1.82) is 0 Å². The molecule has 0 saturated heterocycles. The third-order valence-corrected chi connectivity index (χ3v) is 4.27. The molecule has 1 saturated carbocycles. The van der Waals surface area contributed by atoms with E-state index >= 15 is 0 Å². The minimum atomic E-state index is -0.874. The van der Waals surface area contributed by atoms with Gasteiger partial charge in [0.05, 0.1) is 6.10 Å². The number of aliphatic hydroxyl groups is 1. The van der Waals surface area contributed by atoms with Crippen molar-refractivity contribution < 1.29 is 14.3 Å². The summed E-state index contributed by atoms with van der Waals surface area (Å²) in [7, 11) is 1.72. The van der Waals surface area contributed by atoms with Crippen molar-refractivity contribution in [3.8, 4) is 0 Å². The lowest BCUT2D eigenvalue weighted by Crippen LogP contribution is -2.33. The lowest BCUT2D eigenvalue weighted by Gasteiger charge is -2.33. The zero-order chi connectivity index (χ0) is 13.5. The molecule has 3 rings (SSSR count). The maximum absolute atomic E-state index is 10.7. The van der Waals surface area contributed by atoms with Gasteiger partial charge < -0.3 is 14.3 Å². The second-order valence-corrected chi connectivity index (χ2v) is 5.70. The summed E-state index contributed by atoms with van der Waals surface area (Å²) in [5.74, 6) is 0.638. The number of hydrogen-bond donors (Lipinski definition) is 1. The smallest absolute Gasteiger partial charge is 0.136 e. The number of furan rings is 1. The summed E-state index contributed by atoms with van der Waals surface area (Å²) in [5.41, 5.74) is -0.109. The van der Waals surface area contributed by atoms with Crippen LogP contribution in [0.1, 0.15) is 31.4 Å². The van der Waals surface area contributed by atoms with E-state index in [0.717, 1.165) is 23.8 Å². The van der Waals surface area contributed by atoms with Crippen molar-refractivity contribution in [3.05, 3.63) is 35.0 Å². The van der Waals surface area contributed by atoms with Crippen molar-refractivity contribution in [1.82, 2.24) is 0 Å². The zero-order valence-corrected chi connectivity index (χ0v) is 11.6. The van der Waals surface area contributed by atoms with E-state index in [1.807, 2.05) is 18.2 Å². The Bertz CT molecular complexity index is 582. The lowest BCUT2D eigenvalue weighted by atomic mass is 9.81. The number of fused-ring (bicyclic) bond motifs is 1. The number of ether oxygens (including phenoxy) is 1. The number of benzene rings is 1. The highest BCUT2D eigenvalue weighted by Gasteiger charge is 2.37. The molecule has 1 N–H and O–H groups in total. The van der Waals surface area contributed by atoms with Gasteiger partial charge in [0, 0.05) is 17.5 Å². The molecule has 2 aromatic rings. The maximum atomic E-state index is 10.7. The van der Waals surface area contributed by atoms with E-state index < -0.39 is 5.60 Å². The quantitative estimate of drug-likeness (QED) is 0.908. The first-order valence-electron chi connectivity index (χ1n) is 6.55. The Labute approximate surface area is 117 Å². The van der Waals surface area contributed by atoms with E-state index in [1.165, 1.54) is 0 Å². The molecule has 0 amide bonds. The second kappa shape index (κ2) is 4.82. The first-order valence-corrected chi connectivity index (χ1v) is 6.93. The third-order valence-electron chi connectivity index (χ3n) is 4.03. The molecule has 1 fully saturated rings. The Morgan fingerprint density at radius 1 is 1.32 bits per heavy atom. The number of hydrogen-bond acceptors (Lipinski definition) is 3. The van der Waals surface area contributed by atoms with Crippen LogP contribution < -0.4 is 0 Å². The molecule has 4 heteroatoms. The molecule has 0 atom stereocenters. The van der Waals surface area contributed by atoms with Gasteiger partial charge in [0.15, 0.2) is 0 Å². The molecule has 1 aromatic carbocycles. The predicted molar refractivity (Wildman–Crippen MR) is 74.4 cm³/mol. The summed E-state index contributed by atoms with van der Waals surface area (Å²) in [6.45, 7) is 0. The molecule has 0 bridgehead atoms. The van der Waals surface area contributed by atoms with E-state index in [2.05, 4.69) is 0 Å². The molecule has 1 aliphatic rings. The Kier molecular flexibility index (Phi) is 3.29. The van der Waals surface area contributed by atoms with E-state index in [0.29, 0.717) is 23.6 Å². The van der Waals surface area contributed by atoms with Gasteiger partial charge in [0.1, 0.15) is 16.9 Å². The van der Waals surface area contributed by atoms with Crippen molar-refractivity contribution in [2.45, 2.75) is 37.4 Å². The van der Waals surface area contributed by atoms with Gasteiger partial charge in [-0.1, -0.05) is 11.6 Å². The van der Waals surface area contributed by atoms with Gasteiger partial charge in [0.25, 0.3) is 0 Å². The van der Waals surface area contributed by atoms with Gasteiger partial charge >= 0.3 is 0 Å². The van der Waals surface area contributed by atoms with E-state index in [1.54, 1.807) is 13.2 Å². The van der Waals surface area contributed by atoms with Gasteiger partial charge in [-0.3, -0.25) is 0 Å². The molecule has 0 aliphatic heterocycles. The van der Waals surface area contributed by atoms with Crippen LogP contribution in [-0.4, -0.2) is 18.3 Å². The average molecular weight is 281 g/mol. The number of rotatable bonds is 2. The summed E-state index contributed by atoms with van der Waals surface area (Å²) in [4.78, 5) is 0. The summed E-state index contributed by atoms with van der Waals surface area (Å²) in [6, 6.07) is 7.39. The first-order chi connectivity index (χ1) is 9.10. The predicted octanol–water partition coefficient (Wildman–Crippen LogP) is 3.86. The van der Waals surface area contributed by atoms with Crippen LogP contribution in [0, 0.1) is 0 Å². The molecule has 0 radical (unpaired) electrons. The van der Waals surface area contributed by atoms with Gasteiger partial charge in [-0.15, -0.1) is 0 Å². The fraction of sp³-hybridized carbons (Fsp3) is 0.467. The molecule has 0 spiro atoms. The van der Waals surface area contributed by atoms with Crippen LogP contribution in [-0.2, 0) is 10.3 Å². The van der Waals surface area contributed by atoms with Crippen LogP contribution in [0.25, 0.3) is 11.0 Å². The molecule has 19 heavy (non-hydrogen) atoms. The summed E-state index contributed by atoms with van der Waals surface area (Å²) in [5, 5.41) is 12.4. The highest BCUT2D eigenvalue weighted by Crippen LogP contribution is 2.40. The molecule has 1 aliphatic carbocycles. The standard InChI is InChI=1S/C15H17ClO3/c1-18-12-4-6-15(17,7-5-12)14-9-10-8-11(16)2-3-13(10)19-14/h2-3,8-9,12,17H,4-7H2,1H3. The van der Waals surface area contributed by atoms with E-state index in [4.69, 9.17) is 20.8 Å². The average Bonchev–Trinajstić information content (AvgIpc) is 2.83. The van der Waals surface area contributed by atoms with Crippen LogP contribution in [0.2, 0.25) is 5.02 Å². The van der Waals surface area contributed by atoms with E-state index in [9.17, 15) is 5.11 Å². The molecule has 0 unspecified atom stereocenters. The van der Waals surface area contributed by atoms with Crippen molar-refractivity contribution in [3.63, 3.8) is 0 Å². The van der Waals surface area contributed by atoms with E-state index in [-0.39, 0.29) is 6.10 Å². The molecule has 1 heterocycles. The Morgan fingerprint density at radius 3 is 2.74 bits per heavy atom. The number of methoxy groups -OCH3 is 1. The zero-order valence-electron chi connectivity index (χ0n) is 10.9. The minimum Gasteiger partial charge on any atom is -0.458 e. The number of halogens is 1. The molecule has 102 valence electrons. The topological polar surface area (TPSA) is 42.6 Å². The fourth-order valence-electron chi connectivity index (χ4n) is 2.79.